The monoisotopic (exact) mass is 520 g/mol. The molecular weight excluding hydrogens is 492 g/mol. The standard InChI is InChI=1S/C25H28N8O3S/c1-31(2)18-6-4-16(5-7-18)21-15-33(8-9-36-21)25-28-13-22-20(29-25)10-19(37-22)14-32(3)24-26-11-17(12-27-24)23(34)30-35/h4-7,10-13,21,35H,8-9,14-15H2,1-3H3,(H,30,34). The highest BCUT2D eigenvalue weighted by Gasteiger charge is 2.24. The summed E-state index contributed by atoms with van der Waals surface area (Å²) in [5.41, 5.74) is 4.95. The Bertz CT molecular complexity index is 1380. The number of fused-ring (bicyclic) bond motifs is 1. The molecule has 3 aromatic heterocycles. The van der Waals surface area contributed by atoms with Crippen molar-refractivity contribution in [1.29, 1.82) is 0 Å². The number of hydrogen-bond donors (Lipinski definition) is 2. The van der Waals surface area contributed by atoms with Gasteiger partial charge in [0.05, 0.1) is 41.7 Å². The highest BCUT2D eigenvalue weighted by atomic mass is 32.1. The van der Waals surface area contributed by atoms with Crippen LogP contribution in [0.1, 0.15) is 26.9 Å². The molecule has 1 unspecified atom stereocenters. The van der Waals surface area contributed by atoms with Gasteiger partial charge >= 0.3 is 0 Å². The summed E-state index contributed by atoms with van der Waals surface area (Å²) in [5, 5.41) is 8.74. The van der Waals surface area contributed by atoms with Crippen molar-refractivity contribution in [1.82, 2.24) is 25.4 Å². The summed E-state index contributed by atoms with van der Waals surface area (Å²) in [6.07, 6.45) is 4.59. The zero-order valence-corrected chi connectivity index (χ0v) is 21.6. The normalized spacial score (nSPS) is 15.6. The molecule has 1 aromatic carbocycles. The summed E-state index contributed by atoms with van der Waals surface area (Å²) < 4.78 is 7.07. The average molecular weight is 521 g/mol. The van der Waals surface area contributed by atoms with Crippen LogP contribution < -0.4 is 20.2 Å². The number of thiophene rings is 1. The highest BCUT2D eigenvalue weighted by Crippen LogP contribution is 2.29. The molecule has 0 spiro atoms. The van der Waals surface area contributed by atoms with E-state index in [1.54, 1.807) is 16.8 Å². The summed E-state index contributed by atoms with van der Waals surface area (Å²) in [5.74, 6) is 0.517. The lowest BCUT2D eigenvalue weighted by Gasteiger charge is -2.33. The third kappa shape index (κ3) is 5.45. The van der Waals surface area contributed by atoms with Crippen LogP contribution >= 0.6 is 11.3 Å². The quantitative estimate of drug-likeness (QED) is 0.278. The minimum atomic E-state index is -0.651. The van der Waals surface area contributed by atoms with Crippen LogP contribution in [0.15, 0.2) is 48.9 Å². The molecule has 5 rings (SSSR count). The van der Waals surface area contributed by atoms with E-state index < -0.39 is 5.91 Å². The number of nitrogens with zero attached hydrogens (tertiary/aromatic N) is 7. The Morgan fingerprint density at radius 3 is 2.62 bits per heavy atom. The lowest BCUT2D eigenvalue weighted by molar-refractivity contribution is 0.0392. The van der Waals surface area contributed by atoms with Gasteiger partial charge in [-0.2, -0.15) is 0 Å². The predicted octanol–water partition coefficient (Wildman–Crippen LogP) is 2.88. The van der Waals surface area contributed by atoms with E-state index in [1.165, 1.54) is 12.4 Å². The fraction of sp³-hybridized carbons (Fsp3) is 0.320. The van der Waals surface area contributed by atoms with Crippen molar-refractivity contribution in [2.45, 2.75) is 12.6 Å². The van der Waals surface area contributed by atoms with Crippen molar-refractivity contribution in [2.24, 2.45) is 0 Å². The van der Waals surface area contributed by atoms with E-state index in [0.717, 1.165) is 32.9 Å². The molecule has 0 bridgehead atoms. The van der Waals surface area contributed by atoms with Gasteiger partial charge in [-0.15, -0.1) is 11.3 Å². The number of hydroxylamine groups is 1. The molecule has 1 atom stereocenters. The molecule has 1 saturated heterocycles. The van der Waals surface area contributed by atoms with Gasteiger partial charge in [0.25, 0.3) is 5.91 Å². The van der Waals surface area contributed by atoms with E-state index in [0.29, 0.717) is 31.6 Å². The summed E-state index contributed by atoms with van der Waals surface area (Å²) in [6, 6.07) is 10.5. The zero-order chi connectivity index (χ0) is 25.9. The summed E-state index contributed by atoms with van der Waals surface area (Å²) in [6.45, 7) is 2.61. The number of ether oxygens (including phenoxy) is 1. The molecule has 0 radical (unpaired) electrons. The number of carbonyl (C=O) groups is 1. The topological polar surface area (TPSA) is 120 Å². The van der Waals surface area contributed by atoms with Gasteiger partial charge in [-0.3, -0.25) is 10.0 Å². The van der Waals surface area contributed by atoms with Crippen molar-refractivity contribution in [2.75, 3.05) is 55.5 Å². The summed E-state index contributed by atoms with van der Waals surface area (Å²) in [4.78, 5) is 36.6. The van der Waals surface area contributed by atoms with E-state index in [1.807, 2.05) is 32.2 Å². The Kier molecular flexibility index (Phi) is 7.12. The van der Waals surface area contributed by atoms with Crippen molar-refractivity contribution < 1.29 is 14.7 Å². The van der Waals surface area contributed by atoms with E-state index in [2.05, 4.69) is 55.1 Å². The van der Waals surface area contributed by atoms with Gasteiger partial charge in [-0.25, -0.2) is 25.4 Å². The van der Waals surface area contributed by atoms with E-state index in [-0.39, 0.29) is 11.7 Å². The molecule has 192 valence electrons. The number of aromatic nitrogens is 4. The van der Waals surface area contributed by atoms with E-state index >= 15 is 0 Å². The molecule has 2 N–H and O–H groups in total. The number of rotatable bonds is 7. The third-order valence-corrected chi connectivity index (χ3v) is 7.22. The van der Waals surface area contributed by atoms with Crippen LogP contribution in [0.3, 0.4) is 0 Å². The maximum Gasteiger partial charge on any atom is 0.277 e. The second-order valence-electron chi connectivity index (χ2n) is 8.99. The van der Waals surface area contributed by atoms with Crippen LogP contribution in [0.2, 0.25) is 0 Å². The predicted molar refractivity (Wildman–Crippen MR) is 142 cm³/mol. The minimum Gasteiger partial charge on any atom is -0.378 e. The Morgan fingerprint density at radius 1 is 1.16 bits per heavy atom. The molecule has 4 heterocycles. The van der Waals surface area contributed by atoms with Crippen LogP contribution in [0.5, 0.6) is 0 Å². The first-order chi connectivity index (χ1) is 17.9. The summed E-state index contributed by atoms with van der Waals surface area (Å²) in [7, 11) is 5.93. The fourth-order valence-electron chi connectivity index (χ4n) is 4.13. The van der Waals surface area contributed by atoms with Crippen LogP contribution in [-0.4, -0.2) is 71.9 Å². The molecule has 12 heteroatoms. The molecule has 11 nitrogen and oxygen atoms in total. The van der Waals surface area contributed by atoms with Gasteiger partial charge < -0.3 is 19.4 Å². The smallest absolute Gasteiger partial charge is 0.277 e. The van der Waals surface area contributed by atoms with Crippen molar-refractivity contribution >= 4 is 45.0 Å². The minimum absolute atomic E-state index is 0.0363. The third-order valence-electron chi connectivity index (χ3n) is 6.18. The fourth-order valence-corrected chi connectivity index (χ4v) is 5.16. The molecule has 37 heavy (non-hydrogen) atoms. The van der Waals surface area contributed by atoms with Crippen LogP contribution in [0, 0.1) is 0 Å². The first kappa shape index (κ1) is 24.8. The number of benzene rings is 1. The average Bonchev–Trinajstić information content (AvgIpc) is 3.34. The molecular formula is C25H28N8O3S. The van der Waals surface area contributed by atoms with Crippen LogP contribution in [-0.2, 0) is 11.3 Å². The van der Waals surface area contributed by atoms with Gasteiger partial charge in [0.2, 0.25) is 11.9 Å². The van der Waals surface area contributed by atoms with Crippen molar-refractivity contribution in [3.05, 3.63) is 64.9 Å². The number of carbonyl (C=O) groups excluding carboxylic acids is 1. The highest BCUT2D eigenvalue weighted by molar-refractivity contribution is 7.19. The number of anilines is 3. The maximum atomic E-state index is 11.5. The molecule has 1 fully saturated rings. The van der Waals surface area contributed by atoms with Crippen molar-refractivity contribution in [3.63, 3.8) is 0 Å². The Labute approximate surface area is 218 Å². The van der Waals surface area contributed by atoms with Crippen LogP contribution in [0.25, 0.3) is 10.2 Å². The van der Waals surface area contributed by atoms with Crippen LogP contribution in [0.4, 0.5) is 17.6 Å². The molecule has 1 amide bonds. The Balaban J connectivity index is 1.27. The zero-order valence-electron chi connectivity index (χ0n) is 20.8. The Morgan fingerprint density at radius 2 is 1.92 bits per heavy atom. The molecule has 0 saturated carbocycles. The summed E-state index contributed by atoms with van der Waals surface area (Å²) >= 11 is 1.62. The second-order valence-corrected chi connectivity index (χ2v) is 10.2. The van der Waals surface area contributed by atoms with Gasteiger partial charge in [0, 0.05) is 50.6 Å². The van der Waals surface area contributed by atoms with Crippen molar-refractivity contribution in [3.8, 4) is 0 Å². The number of nitrogens with one attached hydrogen (secondary N) is 1. The molecule has 1 aliphatic heterocycles. The number of morpholine rings is 1. The Hall–Kier alpha value is -3.87. The number of hydrogen-bond acceptors (Lipinski definition) is 11. The van der Waals surface area contributed by atoms with Gasteiger partial charge in [0.1, 0.15) is 6.10 Å². The molecule has 1 aliphatic rings. The van der Waals surface area contributed by atoms with E-state index in [4.69, 9.17) is 14.9 Å². The van der Waals surface area contributed by atoms with Gasteiger partial charge in [0.15, 0.2) is 0 Å². The maximum absolute atomic E-state index is 11.5. The van der Waals surface area contributed by atoms with Gasteiger partial charge in [-0.1, -0.05) is 12.1 Å². The van der Waals surface area contributed by atoms with Gasteiger partial charge in [-0.05, 0) is 23.8 Å². The lowest BCUT2D eigenvalue weighted by atomic mass is 10.1. The van der Waals surface area contributed by atoms with E-state index in [9.17, 15) is 4.79 Å². The largest absolute Gasteiger partial charge is 0.378 e. The first-order valence-electron chi connectivity index (χ1n) is 11.8. The SMILES string of the molecule is CN(C)c1ccc(C2CN(c3ncc4sc(CN(C)c5ncc(C(=O)NO)cn5)cc4n3)CCO2)cc1. The number of amides is 1. The first-order valence-corrected chi connectivity index (χ1v) is 12.6. The lowest BCUT2D eigenvalue weighted by Crippen LogP contribution is -2.39. The second kappa shape index (κ2) is 10.6. The molecule has 4 aromatic rings. The molecule has 0 aliphatic carbocycles.